The molecule has 1 N–H and O–H groups in total. The molecule has 0 unspecified atom stereocenters. The van der Waals surface area contributed by atoms with Crippen LogP contribution in [-0.4, -0.2) is 22.5 Å². The Bertz CT molecular complexity index is 1050. The third-order valence-corrected chi connectivity index (χ3v) is 6.60. The summed E-state index contributed by atoms with van der Waals surface area (Å²) in [5.41, 5.74) is 2.68. The van der Waals surface area contributed by atoms with Gasteiger partial charge in [-0.05, 0) is 59.3 Å². The summed E-state index contributed by atoms with van der Waals surface area (Å²) in [7, 11) is 0.299. The summed E-state index contributed by atoms with van der Waals surface area (Å²) in [5, 5.41) is 1.88. The quantitative estimate of drug-likeness (QED) is 0.571. The fourth-order valence-electron chi connectivity index (χ4n) is 2.72. The summed E-state index contributed by atoms with van der Waals surface area (Å²) < 4.78 is 29.3. The number of benzene rings is 3. The molecule has 0 aliphatic heterocycles. The fourth-order valence-corrected chi connectivity index (χ4v) is 4.55. The summed E-state index contributed by atoms with van der Waals surface area (Å²) in [6.07, 6.45) is 0. The van der Waals surface area contributed by atoms with Crippen LogP contribution in [-0.2, 0) is 10.0 Å². The second-order valence-electron chi connectivity index (χ2n) is 6.09. The van der Waals surface area contributed by atoms with Gasteiger partial charge in [0.25, 0.3) is 10.0 Å². The van der Waals surface area contributed by atoms with Crippen molar-refractivity contribution in [2.75, 3.05) is 23.7 Å². The molecule has 0 aliphatic rings. The Labute approximate surface area is 162 Å². The van der Waals surface area contributed by atoms with Crippen molar-refractivity contribution in [3.8, 4) is 0 Å². The molecular weight excluding hydrogens is 447 g/mol. The van der Waals surface area contributed by atoms with E-state index in [-0.39, 0.29) is 4.90 Å². The Morgan fingerprint density at radius 1 is 0.960 bits per heavy atom. The smallest absolute Gasteiger partial charge is 0.261 e. The molecule has 0 radical (unpaired) electrons. The number of halogens is 1. The summed E-state index contributed by atoms with van der Waals surface area (Å²) in [5.74, 6) is 0. The highest BCUT2D eigenvalue weighted by molar-refractivity contribution is 14.1. The first-order chi connectivity index (χ1) is 11.8. The summed E-state index contributed by atoms with van der Waals surface area (Å²) in [4.78, 5) is 2.28. The Balaban J connectivity index is 2.08. The minimum absolute atomic E-state index is 0.267. The molecule has 130 valence electrons. The summed E-state index contributed by atoms with van der Waals surface area (Å²) in [6.45, 7) is 1.96. The Kier molecular flexibility index (Phi) is 4.92. The van der Waals surface area contributed by atoms with Crippen LogP contribution in [0.4, 0.5) is 11.4 Å². The van der Waals surface area contributed by atoms with Gasteiger partial charge in [0, 0.05) is 34.1 Å². The molecule has 0 heterocycles. The third kappa shape index (κ3) is 3.59. The topological polar surface area (TPSA) is 49.4 Å². The van der Waals surface area contributed by atoms with E-state index in [2.05, 4.69) is 27.3 Å². The number of fused-ring (bicyclic) bond motifs is 1. The zero-order valence-electron chi connectivity index (χ0n) is 14.2. The monoisotopic (exact) mass is 466 g/mol. The van der Waals surface area contributed by atoms with Gasteiger partial charge in [-0.3, -0.25) is 4.72 Å². The van der Waals surface area contributed by atoms with Crippen molar-refractivity contribution < 1.29 is 8.42 Å². The van der Waals surface area contributed by atoms with E-state index < -0.39 is 10.0 Å². The number of hydrogen-bond donors (Lipinski definition) is 1. The van der Waals surface area contributed by atoms with Crippen LogP contribution in [0.2, 0.25) is 0 Å². The highest BCUT2D eigenvalue weighted by atomic mass is 127. The van der Waals surface area contributed by atoms with Gasteiger partial charge in [0.2, 0.25) is 0 Å². The predicted molar refractivity (Wildman–Crippen MR) is 113 cm³/mol. The average Bonchev–Trinajstić information content (AvgIpc) is 2.56. The number of aryl methyl sites for hydroxylation is 1. The molecule has 0 aliphatic carbocycles. The van der Waals surface area contributed by atoms with Crippen LogP contribution >= 0.6 is 22.6 Å². The van der Waals surface area contributed by atoms with Crippen LogP contribution in [0.1, 0.15) is 5.56 Å². The maximum Gasteiger partial charge on any atom is 0.261 e. The van der Waals surface area contributed by atoms with E-state index >= 15 is 0 Å². The first-order valence-corrected chi connectivity index (χ1v) is 10.3. The molecule has 0 saturated heterocycles. The van der Waals surface area contributed by atoms with Crippen molar-refractivity contribution in [3.05, 3.63) is 63.7 Å². The normalized spacial score (nSPS) is 11.5. The molecule has 0 spiro atoms. The van der Waals surface area contributed by atoms with E-state index in [9.17, 15) is 8.42 Å². The van der Waals surface area contributed by atoms with Gasteiger partial charge in [0.1, 0.15) is 0 Å². The zero-order valence-corrected chi connectivity index (χ0v) is 17.2. The minimum atomic E-state index is -3.65. The van der Waals surface area contributed by atoms with Crippen molar-refractivity contribution in [1.29, 1.82) is 0 Å². The number of sulfonamides is 1. The highest BCUT2D eigenvalue weighted by Crippen LogP contribution is 2.32. The maximum atomic E-state index is 12.8. The molecule has 3 aromatic rings. The number of nitrogens with zero attached hydrogens (tertiary/aromatic N) is 1. The van der Waals surface area contributed by atoms with Crippen molar-refractivity contribution in [1.82, 2.24) is 0 Å². The molecule has 0 bridgehead atoms. The molecule has 3 rings (SSSR count). The number of nitrogens with one attached hydrogen (secondary N) is 1. The highest BCUT2D eigenvalue weighted by Gasteiger charge is 2.17. The summed E-state index contributed by atoms with van der Waals surface area (Å²) >= 11 is 2.15. The van der Waals surface area contributed by atoms with Crippen molar-refractivity contribution in [2.24, 2.45) is 0 Å². The van der Waals surface area contributed by atoms with Gasteiger partial charge in [0.15, 0.2) is 0 Å². The Morgan fingerprint density at radius 3 is 2.32 bits per heavy atom. The summed E-state index contributed by atoms with van der Waals surface area (Å²) in [6, 6.07) is 16.7. The van der Waals surface area contributed by atoms with Crippen molar-refractivity contribution >= 4 is 54.8 Å². The second-order valence-corrected chi connectivity index (χ2v) is 8.93. The molecule has 4 nitrogen and oxygen atoms in total. The van der Waals surface area contributed by atoms with Crippen LogP contribution in [0.15, 0.2) is 59.5 Å². The van der Waals surface area contributed by atoms with Crippen LogP contribution in [0.25, 0.3) is 10.8 Å². The molecule has 0 atom stereocenters. The Hall–Kier alpha value is -1.80. The lowest BCUT2D eigenvalue weighted by Crippen LogP contribution is -2.14. The molecule has 3 aromatic carbocycles. The minimum Gasteiger partial charge on any atom is -0.377 e. The van der Waals surface area contributed by atoms with E-state index in [4.69, 9.17) is 0 Å². The zero-order chi connectivity index (χ0) is 18.2. The van der Waals surface area contributed by atoms with E-state index in [1.54, 1.807) is 18.2 Å². The second kappa shape index (κ2) is 6.84. The van der Waals surface area contributed by atoms with Gasteiger partial charge in [-0.15, -0.1) is 0 Å². The van der Waals surface area contributed by atoms with E-state index in [0.29, 0.717) is 5.69 Å². The predicted octanol–water partition coefficient (Wildman–Crippen LogP) is 4.62. The molecule has 6 heteroatoms. The molecule has 0 aromatic heterocycles. The van der Waals surface area contributed by atoms with Crippen molar-refractivity contribution in [3.63, 3.8) is 0 Å². The number of rotatable bonds is 4. The van der Waals surface area contributed by atoms with Crippen LogP contribution in [0, 0.1) is 10.5 Å². The van der Waals surface area contributed by atoms with Crippen LogP contribution in [0.3, 0.4) is 0 Å². The molecule has 0 saturated carbocycles. The lowest BCUT2D eigenvalue weighted by molar-refractivity contribution is 0.601. The molecule has 0 amide bonds. The van der Waals surface area contributed by atoms with Crippen molar-refractivity contribution in [2.45, 2.75) is 11.8 Å². The largest absolute Gasteiger partial charge is 0.377 e. The fraction of sp³-hybridized carbons (Fsp3) is 0.158. The molecule has 0 fully saturated rings. The standard InChI is InChI=1S/C19H19IN2O2S/c1-13-10-11-14(12-17(13)20)25(23,24)21-18-8-4-7-16-15(18)6-5-9-19(16)22(2)3/h4-12,21H,1-3H3. The van der Waals surface area contributed by atoms with Crippen LogP contribution < -0.4 is 9.62 Å². The van der Waals surface area contributed by atoms with Gasteiger partial charge in [-0.25, -0.2) is 8.42 Å². The SMILES string of the molecule is Cc1ccc(S(=O)(=O)Nc2cccc3c(N(C)C)cccc23)cc1I. The third-order valence-electron chi connectivity index (χ3n) is 4.08. The van der Waals surface area contributed by atoms with E-state index in [1.807, 2.05) is 62.3 Å². The van der Waals surface area contributed by atoms with Gasteiger partial charge in [-0.1, -0.05) is 30.3 Å². The number of anilines is 2. The maximum absolute atomic E-state index is 12.8. The lowest BCUT2D eigenvalue weighted by Gasteiger charge is -2.17. The Morgan fingerprint density at radius 2 is 1.64 bits per heavy atom. The van der Waals surface area contributed by atoms with Gasteiger partial charge < -0.3 is 4.90 Å². The van der Waals surface area contributed by atoms with Gasteiger partial charge >= 0.3 is 0 Å². The van der Waals surface area contributed by atoms with Gasteiger partial charge in [0.05, 0.1) is 10.6 Å². The molecular formula is C19H19IN2O2S. The van der Waals surface area contributed by atoms with Crippen LogP contribution in [0.5, 0.6) is 0 Å². The van der Waals surface area contributed by atoms with E-state index in [0.717, 1.165) is 25.6 Å². The first-order valence-electron chi connectivity index (χ1n) is 7.77. The average molecular weight is 466 g/mol. The van der Waals surface area contributed by atoms with Gasteiger partial charge in [-0.2, -0.15) is 0 Å². The van der Waals surface area contributed by atoms with E-state index in [1.165, 1.54) is 0 Å². The number of hydrogen-bond acceptors (Lipinski definition) is 3. The first kappa shape index (κ1) is 18.0. The lowest BCUT2D eigenvalue weighted by atomic mass is 10.1. The molecule has 25 heavy (non-hydrogen) atoms.